The van der Waals surface area contributed by atoms with Gasteiger partial charge in [0, 0.05) is 19.4 Å². The first-order valence-electron chi connectivity index (χ1n) is 7.75. The zero-order valence-electron chi connectivity index (χ0n) is 13.2. The fourth-order valence-corrected chi connectivity index (χ4v) is 2.57. The third-order valence-corrected chi connectivity index (χ3v) is 3.77. The lowest BCUT2D eigenvalue weighted by atomic mass is 10.0. The molecule has 0 unspecified atom stereocenters. The predicted molar refractivity (Wildman–Crippen MR) is 84.7 cm³/mol. The zero-order chi connectivity index (χ0) is 16.8. The van der Waals surface area contributed by atoms with E-state index in [1.807, 2.05) is 31.2 Å². The lowest BCUT2D eigenvalue weighted by Crippen LogP contribution is -2.41. The van der Waals surface area contributed by atoms with Crippen LogP contribution in [0.15, 0.2) is 24.3 Å². The molecule has 1 aromatic rings. The summed E-state index contributed by atoms with van der Waals surface area (Å²) in [6.07, 6.45) is 2.26. The highest BCUT2D eigenvalue weighted by molar-refractivity contribution is 6.01. The smallest absolute Gasteiger partial charge is 0.312 e. The van der Waals surface area contributed by atoms with E-state index >= 15 is 0 Å². The van der Waals surface area contributed by atoms with Gasteiger partial charge in [-0.05, 0) is 17.5 Å². The van der Waals surface area contributed by atoms with Crippen LogP contribution in [0.1, 0.15) is 49.8 Å². The van der Waals surface area contributed by atoms with Crippen molar-refractivity contribution in [2.45, 2.75) is 45.2 Å². The predicted octanol–water partition coefficient (Wildman–Crippen LogP) is 1.35. The quantitative estimate of drug-likeness (QED) is 0.660. The molecule has 0 spiro atoms. The third kappa shape index (κ3) is 4.53. The number of primary amides is 1. The van der Waals surface area contributed by atoms with Crippen molar-refractivity contribution in [2.75, 3.05) is 0 Å². The summed E-state index contributed by atoms with van der Waals surface area (Å²) in [6, 6.07) is 6.99. The second kappa shape index (κ2) is 7.73. The van der Waals surface area contributed by atoms with Crippen molar-refractivity contribution in [3.05, 3.63) is 35.4 Å². The number of imide groups is 1. The molecule has 23 heavy (non-hydrogen) atoms. The lowest BCUT2D eigenvalue weighted by molar-refractivity contribution is -0.142. The Bertz CT molecular complexity index is 569. The van der Waals surface area contributed by atoms with Crippen LogP contribution in [-0.4, -0.2) is 22.9 Å². The topological polar surface area (TPSA) is 105 Å². The van der Waals surface area contributed by atoms with Crippen molar-refractivity contribution in [1.82, 2.24) is 15.8 Å². The van der Waals surface area contributed by atoms with Gasteiger partial charge >= 0.3 is 6.03 Å². The Morgan fingerprint density at radius 2 is 1.83 bits per heavy atom. The van der Waals surface area contributed by atoms with E-state index < -0.39 is 6.03 Å². The van der Waals surface area contributed by atoms with Gasteiger partial charge in [0.05, 0.1) is 6.04 Å². The van der Waals surface area contributed by atoms with Crippen molar-refractivity contribution in [3.63, 3.8) is 0 Å². The molecule has 0 aliphatic carbocycles. The van der Waals surface area contributed by atoms with Crippen LogP contribution in [-0.2, 0) is 16.1 Å². The fourth-order valence-electron chi connectivity index (χ4n) is 2.57. The minimum Gasteiger partial charge on any atom is -0.352 e. The summed E-state index contributed by atoms with van der Waals surface area (Å²) in [4.78, 5) is 34.1. The van der Waals surface area contributed by atoms with E-state index in [1.54, 1.807) is 0 Å². The number of hydrogen-bond acceptors (Lipinski definition) is 4. The summed E-state index contributed by atoms with van der Waals surface area (Å²) < 4.78 is 0. The second-order valence-corrected chi connectivity index (χ2v) is 5.55. The van der Waals surface area contributed by atoms with E-state index in [0.29, 0.717) is 6.54 Å². The maximum Gasteiger partial charge on any atom is 0.312 e. The molecule has 1 aliphatic rings. The SMILES string of the molecule is CCC[C@@H](NC(N)=O)c1ccc(CNN2C(=O)CCC2=O)cc1. The number of nitrogens with one attached hydrogen (secondary N) is 2. The number of rotatable bonds is 7. The maximum atomic E-state index is 11.5. The van der Waals surface area contributed by atoms with Gasteiger partial charge in [-0.15, -0.1) is 0 Å². The molecular weight excluding hydrogens is 296 g/mol. The molecule has 0 aromatic heterocycles. The van der Waals surface area contributed by atoms with Crippen molar-refractivity contribution in [1.29, 1.82) is 0 Å². The number of hydrogen-bond donors (Lipinski definition) is 3. The molecule has 0 bridgehead atoms. The van der Waals surface area contributed by atoms with Crippen LogP contribution >= 0.6 is 0 Å². The molecule has 1 aliphatic heterocycles. The summed E-state index contributed by atoms with van der Waals surface area (Å²) in [6.45, 7) is 2.43. The minimum atomic E-state index is -0.541. The first-order chi connectivity index (χ1) is 11.0. The van der Waals surface area contributed by atoms with E-state index in [-0.39, 0.29) is 30.7 Å². The summed E-state index contributed by atoms with van der Waals surface area (Å²) >= 11 is 0. The van der Waals surface area contributed by atoms with Gasteiger partial charge < -0.3 is 11.1 Å². The van der Waals surface area contributed by atoms with Gasteiger partial charge in [-0.2, -0.15) is 0 Å². The molecule has 4 N–H and O–H groups in total. The summed E-state index contributed by atoms with van der Waals surface area (Å²) in [5, 5.41) is 3.82. The normalized spacial score (nSPS) is 15.8. The first kappa shape index (κ1) is 17.0. The Labute approximate surface area is 135 Å². The highest BCUT2D eigenvalue weighted by Gasteiger charge is 2.28. The minimum absolute atomic E-state index is 0.110. The van der Waals surface area contributed by atoms with Crippen LogP contribution < -0.4 is 16.5 Å². The third-order valence-electron chi connectivity index (χ3n) is 3.77. The summed E-state index contributed by atoms with van der Waals surface area (Å²) in [5.74, 6) is -0.388. The fraction of sp³-hybridized carbons (Fsp3) is 0.438. The Morgan fingerprint density at radius 1 is 1.22 bits per heavy atom. The molecule has 1 heterocycles. The Hall–Kier alpha value is -2.41. The molecule has 2 rings (SSSR count). The highest BCUT2D eigenvalue weighted by Crippen LogP contribution is 2.19. The maximum absolute atomic E-state index is 11.5. The Morgan fingerprint density at radius 3 is 2.35 bits per heavy atom. The van der Waals surface area contributed by atoms with Crippen LogP contribution in [0.4, 0.5) is 4.79 Å². The molecular formula is C16H22N4O3. The van der Waals surface area contributed by atoms with E-state index in [4.69, 9.17) is 5.73 Å². The van der Waals surface area contributed by atoms with Gasteiger partial charge in [-0.25, -0.2) is 15.2 Å². The summed E-state index contributed by atoms with van der Waals surface area (Å²) in [7, 11) is 0. The lowest BCUT2D eigenvalue weighted by Gasteiger charge is -2.18. The van der Waals surface area contributed by atoms with Crippen molar-refractivity contribution >= 4 is 17.8 Å². The monoisotopic (exact) mass is 318 g/mol. The van der Waals surface area contributed by atoms with Crippen molar-refractivity contribution < 1.29 is 14.4 Å². The molecule has 7 heteroatoms. The number of urea groups is 1. The number of hydrazine groups is 1. The van der Waals surface area contributed by atoms with Crippen LogP contribution in [0.2, 0.25) is 0 Å². The number of nitrogens with zero attached hydrogens (tertiary/aromatic N) is 1. The van der Waals surface area contributed by atoms with Crippen LogP contribution in [0.5, 0.6) is 0 Å². The van der Waals surface area contributed by atoms with Gasteiger partial charge in [-0.3, -0.25) is 9.59 Å². The number of benzene rings is 1. The average molecular weight is 318 g/mol. The summed E-state index contributed by atoms with van der Waals surface area (Å²) in [5.41, 5.74) is 9.97. The molecule has 124 valence electrons. The Kier molecular flexibility index (Phi) is 5.70. The van der Waals surface area contributed by atoms with Crippen LogP contribution in [0.3, 0.4) is 0 Å². The molecule has 0 saturated carbocycles. The Balaban J connectivity index is 1.96. The van der Waals surface area contributed by atoms with E-state index in [2.05, 4.69) is 10.7 Å². The van der Waals surface area contributed by atoms with E-state index in [0.717, 1.165) is 29.0 Å². The molecule has 1 atom stereocenters. The van der Waals surface area contributed by atoms with Gasteiger partial charge in [0.15, 0.2) is 0 Å². The van der Waals surface area contributed by atoms with E-state index in [1.165, 1.54) is 0 Å². The van der Waals surface area contributed by atoms with Crippen LogP contribution in [0.25, 0.3) is 0 Å². The largest absolute Gasteiger partial charge is 0.352 e. The molecule has 1 fully saturated rings. The highest BCUT2D eigenvalue weighted by atomic mass is 16.2. The van der Waals surface area contributed by atoms with Gasteiger partial charge in [0.25, 0.3) is 0 Å². The second-order valence-electron chi connectivity index (χ2n) is 5.55. The number of amides is 4. The van der Waals surface area contributed by atoms with Gasteiger partial charge in [0.1, 0.15) is 0 Å². The number of carbonyl (C=O) groups is 3. The molecule has 1 saturated heterocycles. The first-order valence-corrected chi connectivity index (χ1v) is 7.75. The molecule has 4 amide bonds. The van der Waals surface area contributed by atoms with E-state index in [9.17, 15) is 14.4 Å². The van der Waals surface area contributed by atoms with Gasteiger partial charge in [0.2, 0.25) is 11.8 Å². The number of carbonyl (C=O) groups excluding carboxylic acids is 3. The number of nitrogens with two attached hydrogens (primary N) is 1. The van der Waals surface area contributed by atoms with Crippen LogP contribution in [0, 0.1) is 0 Å². The standard InChI is InChI=1S/C16H22N4O3/c1-2-3-13(19-16(17)23)12-6-4-11(5-7-12)10-18-20-14(21)8-9-15(20)22/h4-7,13,18H,2-3,8-10H2,1H3,(H3,17,19,23)/t13-/m1/s1. The molecule has 1 aromatic carbocycles. The van der Waals surface area contributed by atoms with Crippen molar-refractivity contribution in [2.24, 2.45) is 5.73 Å². The molecule has 7 nitrogen and oxygen atoms in total. The average Bonchev–Trinajstić information content (AvgIpc) is 2.84. The molecule has 0 radical (unpaired) electrons. The van der Waals surface area contributed by atoms with Gasteiger partial charge in [-0.1, -0.05) is 37.6 Å². The zero-order valence-corrected chi connectivity index (χ0v) is 13.2. The van der Waals surface area contributed by atoms with Crippen molar-refractivity contribution in [3.8, 4) is 0 Å².